The van der Waals surface area contributed by atoms with Gasteiger partial charge in [0.1, 0.15) is 0 Å². The molecule has 0 aromatic heterocycles. The van der Waals surface area contributed by atoms with E-state index < -0.39 is 17.9 Å². The fraction of sp³-hybridized carbons (Fsp3) is 0.500. The largest absolute Gasteiger partial charge is 0.465 e. The third-order valence-electron chi connectivity index (χ3n) is 2.42. The Balaban J connectivity index is 0.00000122. The summed E-state index contributed by atoms with van der Waals surface area (Å²) in [6.07, 6.45) is 0.304. The van der Waals surface area contributed by atoms with Gasteiger partial charge in [0.05, 0.1) is 13.2 Å². The molecule has 118 valence electrons. The monoisotopic (exact) mass is 310 g/mol. The van der Waals surface area contributed by atoms with E-state index in [1.165, 1.54) is 0 Å². The zero-order chi connectivity index (χ0) is 16.1. The maximum Gasteiger partial charge on any atom is 0.320 e. The van der Waals surface area contributed by atoms with Gasteiger partial charge in [-0.25, -0.2) is 0 Å². The summed E-state index contributed by atoms with van der Waals surface area (Å²) in [5, 5.41) is 0. The lowest BCUT2D eigenvalue weighted by Crippen LogP contribution is -2.30. The number of esters is 2. The highest BCUT2D eigenvalue weighted by molar-refractivity contribution is 6.31. The van der Waals surface area contributed by atoms with Crippen LogP contribution in [0.3, 0.4) is 0 Å². The number of carbonyl (C=O) groups is 2. The molecule has 0 saturated carbocycles. The number of hydrogen-bond donors (Lipinski definition) is 0. The molecular formula is C16H26O4Si. The molecule has 0 heterocycles. The lowest BCUT2D eigenvalue weighted by molar-refractivity contribution is -0.161. The van der Waals surface area contributed by atoms with E-state index in [1.54, 1.807) is 13.8 Å². The van der Waals surface area contributed by atoms with Gasteiger partial charge in [0, 0.05) is 9.52 Å². The Bertz CT molecular complexity index is 388. The maximum absolute atomic E-state index is 11.7. The van der Waals surface area contributed by atoms with Gasteiger partial charge < -0.3 is 9.47 Å². The fourth-order valence-electron chi connectivity index (χ4n) is 1.60. The second-order valence-corrected chi connectivity index (χ2v) is 5.87. The van der Waals surface area contributed by atoms with Gasteiger partial charge in [-0.2, -0.15) is 0 Å². The summed E-state index contributed by atoms with van der Waals surface area (Å²) in [5.41, 5.74) is 0.906. The van der Waals surface area contributed by atoms with Gasteiger partial charge in [-0.05, 0) is 25.8 Å². The molecule has 0 N–H and O–H groups in total. The van der Waals surface area contributed by atoms with Crippen LogP contribution in [0.25, 0.3) is 0 Å². The highest BCUT2D eigenvalue weighted by atomic mass is 28.2. The van der Waals surface area contributed by atoms with E-state index in [0.29, 0.717) is 15.9 Å². The van der Waals surface area contributed by atoms with Crippen molar-refractivity contribution in [1.82, 2.24) is 0 Å². The van der Waals surface area contributed by atoms with E-state index in [1.807, 2.05) is 30.3 Å². The minimum atomic E-state index is -0.882. The van der Waals surface area contributed by atoms with Gasteiger partial charge in [0.2, 0.25) is 0 Å². The molecule has 0 aliphatic heterocycles. The molecule has 5 heteroatoms. The third kappa shape index (κ3) is 8.29. The number of benzene rings is 1. The summed E-state index contributed by atoms with van der Waals surface area (Å²) in [4.78, 5) is 23.5. The molecule has 21 heavy (non-hydrogen) atoms. The van der Waals surface area contributed by atoms with Crippen LogP contribution in [0.1, 0.15) is 19.4 Å². The first-order valence-electron chi connectivity index (χ1n) is 7.47. The molecule has 4 nitrogen and oxygen atoms in total. The minimum Gasteiger partial charge on any atom is -0.465 e. The Kier molecular flexibility index (Phi) is 11.2. The first-order chi connectivity index (χ1) is 10.1. The summed E-state index contributed by atoms with van der Waals surface area (Å²) in [7, 11) is 0.417. The second kappa shape index (κ2) is 12.1. The van der Waals surface area contributed by atoms with Crippen LogP contribution in [-0.4, -0.2) is 34.7 Å². The Morgan fingerprint density at radius 2 is 1.43 bits per heavy atom. The van der Waals surface area contributed by atoms with E-state index in [2.05, 4.69) is 13.1 Å². The smallest absolute Gasteiger partial charge is 0.320 e. The van der Waals surface area contributed by atoms with Crippen LogP contribution in [0.15, 0.2) is 30.3 Å². The molecule has 0 aliphatic rings. The van der Waals surface area contributed by atoms with Crippen molar-refractivity contribution in [2.24, 2.45) is 5.92 Å². The average Bonchev–Trinajstić information content (AvgIpc) is 2.47. The highest BCUT2D eigenvalue weighted by Gasteiger charge is 2.29. The van der Waals surface area contributed by atoms with Gasteiger partial charge in [-0.1, -0.05) is 43.4 Å². The summed E-state index contributed by atoms with van der Waals surface area (Å²) in [5.74, 6) is -1.94. The lowest BCUT2D eigenvalue weighted by atomic mass is 9.99. The van der Waals surface area contributed by atoms with Crippen molar-refractivity contribution in [2.75, 3.05) is 13.2 Å². The lowest BCUT2D eigenvalue weighted by Gasteiger charge is -2.14. The quantitative estimate of drug-likeness (QED) is 0.459. The van der Waals surface area contributed by atoms with Gasteiger partial charge in [-0.3, -0.25) is 9.59 Å². The van der Waals surface area contributed by atoms with Gasteiger partial charge in [0.15, 0.2) is 5.92 Å². The Morgan fingerprint density at radius 3 is 1.81 bits per heavy atom. The number of rotatable bonds is 6. The predicted octanol–water partition coefficient (Wildman–Crippen LogP) is 2.22. The van der Waals surface area contributed by atoms with Gasteiger partial charge in [-0.15, -0.1) is 0 Å². The molecule has 0 spiro atoms. The van der Waals surface area contributed by atoms with E-state index in [9.17, 15) is 9.59 Å². The first kappa shape index (κ1) is 19.4. The molecule has 0 radical (unpaired) electrons. The van der Waals surface area contributed by atoms with Crippen LogP contribution < -0.4 is 0 Å². The van der Waals surface area contributed by atoms with Crippen LogP contribution in [0.2, 0.25) is 13.1 Å². The Morgan fingerprint density at radius 1 is 1.00 bits per heavy atom. The minimum absolute atomic E-state index is 0.254. The zero-order valence-electron chi connectivity index (χ0n) is 13.4. The molecule has 0 unspecified atom stereocenters. The van der Waals surface area contributed by atoms with Crippen molar-refractivity contribution >= 4 is 21.5 Å². The van der Waals surface area contributed by atoms with E-state index in [4.69, 9.17) is 9.47 Å². The topological polar surface area (TPSA) is 52.6 Å². The summed E-state index contributed by atoms with van der Waals surface area (Å²) in [6, 6.07) is 9.34. The normalized spacial score (nSPS) is 9.57. The number of ether oxygens (including phenoxy) is 2. The van der Waals surface area contributed by atoms with Crippen LogP contribution in [-0.2, 0) is 25.5 Å². The molecule has 1 aromatic carbocycles. The van der Waals surface area contributed by atoms with E-state index in [0.717, 1.165) is 5.56 Å². The summed E-state index contributed by atoms with van der Waals surface area (Å²) in [6.45, 7) is 8.46. The molecule has 0 amide bonds. The summed E-state index contributed by atoms with van der Waals surface area (Å²) >= 11 is 0. The van der Waals surface area contributed by atoms with Crippen LogP contribution in [0, 0.1) is 5.92 Å². The standard InChI is InChI=1S/C14H18O4.C2H8Si/c1-3-17-13(15)12(14(16)18-4-2)10-11-8-6-5-7-9-11;1-3-2/h5-9,12H,3-4,10H2,1-2H3;3H2,1-2H3. The molecule has 0 saturated heterocycles. The zero-order valence-corrected chi connectivity index (χ0v) is 14.8. The van der Waals surface area contributed by atoms with Crippen molar-refractivity contribution in [2.45, 2.75) is 33.4 Å². The van der Waals surface area contributed by atoms with E-state index in [-0.39, 0.29) is 13.2 Å². The fourth-order valence-corrected chi connectivity index (χ4v) is 1.60. The second-order valence-electron chi connectivity index (χ2n) is 4.45. The highest BCUT2D eigenvalue weighted by Crippen LogP contribution is 2.12. The molecule has 0 aliphatic carbocycles. The van der Waals surface area contributed by atoms with Crippen molar-refractivity contribution in [3.63, 3.8) is 0 Å². The molecule has 0 bridgehead atoms. The third-order valence-corrected chi connectivity index (χ3v) is 2.42. The molecular weight excluding hydrogens is 284 g/mol. The van der Waals surface area contributed by atoms with Gasteiger partial charge in [0.25, 0.3) is 0 Å². The van der Waals surface area contributed by atoms with Crippen molar-refractivity contribution in [3.05, 3.63) is 35.9 Å². The number of carbonyl (C=O) groups excluding carboxylic acids is 2. The SMILES string of the molecule is CCOC(=O)C(Cc1ccccc1)C(=O)OCC.C[SiH2]C. The van der Waals surface area contributed by atoms with Crippen LogP contribution >= 0.6 is 0 Å². The Labute approximate surface area is 129 Å². The predicted molar refractivity (Wildman–Crippen MR) is 87.2 cm³/mol. The van der Waals surface area contributed by atoms with Gasteiger partial charge >= 0.3 is 11.9 Å². The first-order valence-corrected chi connectivity index (χ1v) is 10.3. The average molecular weight is 310 g/mol. The van der Waals surface area contributed by atoms with Crippen molar-refractivity contribution in [3.8, 4) is 0 Å². The maximum atomic E-state index is 11.7. The van der Waals surface area contributed by atoms with Crippen molar-refractivity contribution in [1.29, 1.82) is 0 Å². The number of hydrogen-bond acceptors (Lipinski definition) is 4. The molecule has 0 fully saturated rings. The van der Waals surface area contributed by atoms with Crippen LogP contribution in [0.5, 0.6) is 0 Å². The molecule has 1 rings (SSSR count). The van der Waals surface area contributed by atoms with E-state index >= 15 is 0 Å². The molecule has 0 atom stereocenters. The molecule has 1 aromatic rings. The van der Waals surface area contributed by atoms with Crippen LogP contribution in [0.4, 0.5) is 0 Å². The van der Waals surface area contributed by atoms with Crippen molar-refractivity contribution < 1.29 is 19.1 Å². The Hall–Kier alpha value is -1.62. The summed E-state index contributed by atoms with van der Waals surface area (Å²) < 4.78 is 9.81.